The van der Waals surface area contributed by atoms with Gasteiger partial charge in [-0.25, -0.2) is 0 Å². The Balaban J connectivity index is 1.82. The van der Waals surface area contributed by atoms with Crippen molar-refractivity contribution in [2.45, 2.75) is 19.9 Å². The van der Waals surface area contributed by atoms with Crippen LogP contribution in [0.4, 0.5) is 5.69 Å². The Bertz CT molecular complexity index is 645. The van der Waals surface area contributed by atoms with Crippen molar-refractivity contribution in [1.82, 2.24) is 10.2 Å². The van der Waals surface area contributed by atoms with Gasteiger partial charge in [0.05, 0.1) is 36.0 Å². The Morgan fingerprint density at radius 3 is 2.54 bits per heavy atom. The maximum atomic E-state index is 12.2. The van der Waals surface area contributed by atoms with Crippen molar-refractivity contribution in [2.24, 2.45) is 0 Å². The summed E-state index contributed by atoms with van der Waals surface area (Å²) in [5.74, 6) is -0.0533. The molecular weight excluding hydrogens is 354 g/mol. The lowest BCUT2D eigenvalue weighted by Gasteiger charge is -2.26. The molecule has 8 heteroatoms. The van der Waals surface area contributed by atoms with E-state index in [4.69, 9.17) is 4.74 Å². The molecule has 26 heavy (non-hydrogen) atoms. The molecule has 0 saturated carbocycles. The van der Waals surface area contributed by atoms with Crippen molar-refractivity contribution < 1.29 is 19.1 Å². The van der Waals surface area contributed by atoms with Crippen molar-refractivity contribution in [3.63, 3.8) is 0 Å². The maximum Gasteiger partial charge on any atom is 0.253 e. The van der Waals surface area contributed by atoms with Gasteiger partial charge < -0.3 is 20.3 Å². The third-order valence-corrected chi connectivity index (χ3v) is 4.61. The summed E-state index contributed by atoms with van der Waals surface area (Å²) in [6, 6.07) is 6.88. The molecule has 1 heterocycles. The molecule has 0 unspecified atom stereocenters. The van der Waals surface area contributed by atoms with Crippen molar-refractivity contribution in [1.29, 1.82) is 0 Å². The molecule has 0 spiro atoms. The third kappa shape index (κ3) is 6.34. The monoisotopic (exact) mass is 379 g/mol. The summed E-state index contributed by atoms with van der Waals surface area (Å²) >= 11 is 1.26. The molecule has 1 aromatic carbocycles. The summed E-state index contributed by atoms with van der Waals surface area (Å²) in [5, 5.41) is 5.56. The quantitative estimate of drug-likeness (QED) is 0.747. The van der Waals surface area contributed by atoms with E-state index in [0.29, 0.717) is 37.6 Å². The predicted octanol–water partition coefficient (Wildman–Crippen LogP) is 1.36. The average Bonchev–Trinajstić information content (AvgIpc) is 2.62. The fraction of sp³-hybridized carbons (Fsp3) is 0.500. The average molecular weight is 379 g/mol. The Hall–Kier alpha value is -2.06. The predicted molar refractivity (Wildman–Crippen MR) is 102 cm³/mol. The summed E-state index contributed by atoms with van der Waals surface area (Å²) in [4.78, 5) is 38.2. The van der Waals surface area contributed by atoms with Crippen LogP contribution in [0, 0.1) is 0 Å². The van der Waals surface area contributed by atoms with Gasteiger partial charge >= 0.3 is 0 Å². The molecule has 0 aliphatic carbocycles. The van der Waals surface area contributed by atoms with Gasteiger partial charge in [0, 0.05) is 19.1 Å². The second-order valence-electron chi connectivity index (χ2n) is 6.21. The Morgan fingerprint density at radius 2 is 1.85 bits per heavy atom. The van der Waals surface area contributed by atoms with Gasteiger partial charge in [0.1, 0.15) is 0 Å². The lowest BCUT2D eigenvalue weighted by Crippen LogP contribution is -2.41. The van der Waals surface area contributed by atoms with Crippen LogP contribution in [-0.4, -0.2) is 66.5 Å². The number of morpholine rings is 1. The van der Waals surface area contributed by atoms with Crippen molar-refractivity contribution >= 4 is 35.2 Å². The molecule has 2 N–H and O–H groups in total. The number of carbonyl (C=O) groups excluding carboxylic acids is 3. The molecule has 1 aromatic rings. The molecule has 0 bridgehead atoms. The van der Waals surface area contributed by atoms with Gasteiger partial charge in [0.15, 0.2) is 0 Å². The van der Waals surface area contributed by atoms with E-state index in [1.807, 2.05) is 13.8 Å². The van der Waals surface area contributed by atoms with Gasteiger partial charge in [0.25, 0.3) is 5.91 Å². The normalized spacial score (nSPS) is 14.2. The van der Waals surface area contributed by atoms with Crippen LogP contribution in [0.3, 0.4) is 0 Å². The highest BCUT2D eigenvalue weighted by Gasteiger charge is 2.18. The molecule has 0 atom stereocenters. The highest BCUT2D eigenvalue weighted by Crippen LogP contribution is 2.16. The highest BCUT2D eigenvalue weighted by molar-refractivity contribution is 8.00. The number of carbonyl (C=O) groups is 3. The number of para-hydroxylation sites is 1. The minimum atomic E-state index is -0.241. The molecule has 0 radical (unpaired) electrons. The Kier molecular flexibility index (Phi) is 7.93. The largest absolute Gasteiger partial charge is 0.378 e. The van der Waals surface area contributed by atoms with E-state index >= 15 is 0 Å². The first-order valence-corrected chi connectivity index (χ1v) is 9.76. The van der Waals surface area contributed by atoms with E-state index < -0.39 is 0 Å². The number of thioether (sulfide) groups is 1. The molecule has 1 aliphatic heterocycles. The number of benzene rings is 1. The number of hydrogen-bond donors (Lipinski definition) is 2. The van der Waals surface area contributed by atoms with E-state index in [0.717, 1.165) is 0 Å². The van der Waals surface area contributed by atoms with Crippen LogP contribution in [0.5, 0.6) is 0 Å². The van der Waals surface area contributed by atoms with Crippen molar-refractivity contribution in [3.05, 3.63) is 29.8 Å². The van der Waals surface area contributed by atoms with Crippen LogP contribution in [0.25, 0.3) is 0 Å². The van der Waals surface area contributed by atoms with E-state index in [2.05, 4.69) is 10.6 Å². The highest BCUT2D eigenvalue weighted by atomic mass is 32.2. The van der Waals surface area contributed by atoms with Crippen LogP contribution in [0.2, 0.25) is 0 Å². The fourth-order valence-corrected chi connectivity index (χ4v) is 3.17. The Morgan fingerprint density at radius 1 is 1.15 bits per heavy atom. The topological polar surface area (TPSA) is 87.7 Å². The molecule has 7 nitrogen and oxygen atoms in total. The van der Waals surface area contributed by atoms with Crippen LogP contribution in [-0.2, 0) is 14.3 Å². The molecule has 3 amide bonds. The summed E-state index contributed by atoms with van der Waals surface area (Å²) in [5.41, 5.74) is 0.889. The first-order valence-electron chi connectivity index (χ1n) is 8.60. The van der Waals surface area contributed by atoms with Gasteiger partial charge in [-0.1, -0.05) is 12.1 Å². The van der Waals surface area contributed by atoms with Gasteiger partial charge in [-0.2, -0.15) is 0 Å². The van der Waals surface area contributed by atoms with Gasteiger partial charge in [-0.3, -0.25) is 14.4 Å². The standard InChI is InChI=1S/C18H25N3O4S/c1-13(2)19-18(24)14-5-3-4-6-15(14)20-16(22)11-26-12-17(23)21-7-9-25-10-8-21/h3-6,13H,7-12H2,1-2H3,(H,19,24)(H,20,22). The van der Waals surface area contributed by atoms with Gasteiger partial charge in [-0.15, -0.1) is 11.8 Å². The Labute approximate surface area is 157 Å². The first kappa shape index (κ1) is 20.3. The summed E-state index contributed by atoms with van der Waals surface area (Å²) < 4.78 is 5.22. The second kappa shape index (κ2) is 10.2. The number of anilines is 1. The van der Waals surface area contributed by atoms with Crippen molar-refractivity contribution in [3.8, 4) is 0 Å². The van der Waals surface area contributed by atoms with E-state index in [-0.39, 0.29) is 35.3 Å². The summed E-state index contributed by atoms with van der Waals surface area (Å²) in [7, 11) is 0. The molecular formula is C18H25N3O4S. The van der Waals surface area contributed by atoms with Crippen LogP contribution >= 0.6 is 11.8 Å². The van der Waals surface area contributed by atoms with Crippen molar-refractivity contribution in [2.75, 3.05) is 43.1 Å². The van der Waals surface area contributed by atoms with E-state index in [9.17, 15) is 14.4 Å². The van der Waals surface area contributed by atoms with Gasteiger partial charge in [0.2, 0.25) is 11.8 Å². The number of ether oxygens (including phenoxy) is 1. The number of nitrogens with zero attached hydrogens (tertiary/aromatic N) is 1. The zero-order valence-corrected chi connectivity index (χ0v) is 15.9. The number of nitrogens with one attached hydrogen (secondary N) is 2. The SMILES string of the molecule is CC(C)NC(=O)c1ccccc1NC(=O)CSCC(=O)N1CCOCC1. The minimum Gasteiger partial charge on any atom is -0.378 e. The minimum absolute atomic E-state index is 0.00742. The molecule has 2 rings (SSSR count). The number of amides is 3. The fourth-order valence-electron chi connectivity index (χ4n) is 2.45. The third-order valence-electron chi connectivity index (χ3n) is 3.69. The lowest BCUT2D eigenvalue weighted by atomic mass is 10.1. The molecule has 142 valence electrons. The van der Waals surface area contributed by atoms with Crippen LogP contribution < -0.4 is 10.6 Å². The smallest absolute Gasteiger partial charge is 0.253 e. The maximum absolute atomic E-state index is 12.2. The summed E-state index contributed by atoms with van der Waals surface area (Å²) in [6.45, 7) is 6.08. The first-order chi connectivity index (χ1) is 12.5. The van der Waals surface area contributed by atoms with E-state index in [1.54, 1.807) is 29.2 Å². The van der Waals surface area contributed by atoms with Crippen LogP contribution in [0.1, 0.15) is 24.2 Å². The zero-order chi connectivity index (χ0) is 18.9. The van der Waals surface area contributed by atoms with Crippen LogP contribution in [0.15, 0.2) is 24.3 Å². The zero-order valence-electron chi connectivity index (χ0n) is 15.1. The molecule has 0 aromatic heterocycles. The molecule has 1 aliphatic rings. The summed E-state index contributed by atoms with van der Waals surface area (Å²) in [6.07, 6.45) is 0. The molecule has 1 fully saturated rings. The lowest BCUT2D eigenvalue weighted by molar-refractivity contribution is -0.132. The number of rotatable bonds is 7. The van der Waals surface area contributed by atoms with E-state index in [1.165, 1.54) is 11.8 Å². The molecule has 1 saturated heterocycles. The second-order valence-corrected chi connectivity index (χ2v) is 7.19. The number of hydrogen-bond acceptors (Lipinski definition) is 5. The van der Waals surface area contributed by atoms with Gasteiger partial charge in [-0.05, 0) is 26.0 Å².